The molecule has 1 aliphatic rings. The van der Waals surface area contributed by atoms with Gasteiger partial charge in [0.05, 0.1) is 25.6 Å². The van der Waals surface area contributed by atoms with Crippen LogP contribution in [0, 0.1) is 12.7 Å². The number of nitrogens with one attached hydrogen (secondary N) is 1. The molecule has 0 spiro atoms. The van der Waals surface area contributed by atoms with Gasteiger partial charge in [-0.2, -0.15) is 10.1 Å². The monoisotopic (exact) mass is 440 g/mol. The van der Waals surface area contributed by atoms with Crippen molar-refractivity contribution in [3.63, 3.8) is 0 Å². The number of aromatic nitrogens is 3. The molecule has 1 aliphatic heterocycles. The number of fused-ring (bicyclic) bond motifs is 1. The molecule has 3 heterocycles. The van der Waals surface area contributed by atoms with Crippen molar-refractivity contribution in [1.29, 1.82) is 0 Å². The van der Waals surface area contributed by atoms with Gasteiger partial charge in [0, 0.05) is 23.1 Å². The molecule has 4 rings (SSSR count). The average molecular weight is 440 g/mol. The normalized spacial score (nSPS) is 16.5. The third kappa shape index (κ3) is 4.57. The lowest BCUT2D eigenvalue weighted by Gasteiger charge is -2.21. The Morgan fingerprint density at radius 3 is 2.84 bits per heavy atom. The zero-order valence-corrected chi connectivity index (χ0v) is 18.6. The smallest absolute Gasteiger partial charge is 0.249 e. The lowest BCUT2D eigenvalue weighted by molar-refractivity contribution is 0.0952. The Morgan fingerprint density at radius 1 is 1.39 bits per heavy atom. The predicted molar refractivity (Wildman–Crippen MR) is 124 cm³/mol. The Labute approximate surface area is 186 Å². The highest BCUT2D eigenvalue weighted by molar-refractivity contribution is 6.60. The summed E-state index contributed by atoms with van der Waals surface area (Å²) in [6.45, 7) is 2.71. The summed E-state index contributed by atoms with van der Waals surface area (Å²) in [5, 5.41) is 7.03. The number of halogens is 2. The van der Waals surface area contributed by atoms with Crippen LogP contribution in [0.3, 0.4) is 0 Å². The van der Waals surface area contributed by atoms with E-state index in [2.05, 4.69) is 15.4 Å². The van der Waals surface area contributed by atoms with Gasteiger partial charge in [0.25, 0.3) is 0 Å². The lowest BCUT2D eigenvalue weighted by Crippen LogP contribution is -2.50. The van der Waals surface area contributed by atoms with Crippen LogP contribution in [0.15, 0.2) is 24.5 Å². The van der Waals surface area contributed by atoms with Crippen LogP contribution in [-0.4, -0.2) is 68.6 Å². The van der Waals surface area contributed by atoms with Crippen molar-refractivity contribution < 1.29 is 18.7 Å². The molecule has 31 heavy (non-hydrogen) atoms. The topological polar surface area (TPSA) is 77.8 Å². The van der Waals surface area contributed by atoms with Crippen LogP contribution in [0.1, 0.15) is 22.3 Å². The fraction of sp³-hybridized carbons (Fsp3) is 0.316. The van der Waals surface area contributed by atoms with E-state index in [4.69, 9.17) is 21.1 Å². The van der Waals surface area contributed by atoms with Crippen LogP contribution in [0.4, 0.5) is 4.39 Å². The van der Waals surface area contributed by atoms with Gasteiger partial charge in [-0.05, 0) is 29.9 Å². The number of ether oxygens (including phenoxy) is 2. The van der Waals surface area contributed by atoms with Crippen molar-refractivity contribution in [2.45, 2.75) is 24.7 Å². The first-order chi connectivity index (χ1) is 14.6. The van der Waals surface area contributed by atoms with E-state index in [0.717, 1.165) is 6.42 Å². The van der Waals surface area contributed by atoms with E-state index >= 15 is 4.39 Å². The van der Waals surface area contributed by atoms with E-state index < -0.39 is 11.1 Å². The molecule has 7 nitrogen and oxygen atoms in total. The summed E-state index contributed by atoms with van der Waals surface area (Å²) >= 11 is 6.31. The lowest BCUT2D eigenvalue weighted by atomic mass is 9.49. The highest BCUT2D eigenvalue weighted by atomic mass is 35.5. The van der Waals surface area contributed by atoms with Crippen molar-refractivity contribution >= 4 is 46.7 Å². The largest absolute Gasteiger partial charge is 0.471 e. The number of rotatable bonds is 5. The predicted octanol–water partition coefficient (Wildman–Crippen LogP) is -0.0947. The minimum atomic E-state index is -0.439. The molecule has 158 valence electrons. The summed E-state index contributed by atoms with van der Waals surface area (Å²) in [6, 6.07) is 3.05. The van der Waals surface area contributed by atoms with Crippen molar-refractivity contribution in [1.82, 2.24) is 19.9 Å². The fourth-order valence-electron chi connectivity index (χ4n) is 3.42. The molecule has 1 fully saturated rings. The molecule has 12 heteroatoms. The second-order valence-electron chi connectivity index (χ2n) is 8.68. The van der Waals surface area contributed by atoms with Gasteiger partial charge in [-0.1, -0.05) is 11.6 Å². The molecule has 2 aromatic heterocycles. The van der Waals surface area contributed by atoms with E-state index in [1.165, 1.54) is 22.8 Å². The van der Waals surface area contributed by atoms with E-state index in [1.807, 2.05) is 23.5 Å². The standard InChI is InChI=1S/C19H21B3ClFN4O3/c1-9-4-10(17(29)27-19(20,21)22)5-12(15(9)24)13-6-25-28-7-14(23)18(26-16(13)28)31-11-2-3-30-8-11/h4-7,11H,2-3,8,20-22H2,1H3,(H,27,29)/t11-/m0/s1. The van der Waals surface area contributed by atoms with Gasteiger partial charge in [0.1, 0.15) is 40.5 Å². The van der Waals surface area contributed by atoms with Gasteiger partial charge in [-0.15, -0.1) is 0 Å². The Kier molecular flexibility index (Phi) is 5.74. The van der Waals surface area contributed by atoms with Crippen LogP contribution >= 0.6 is 11.6 Å². The van der Waals surface area contributed by atoms with Crippen molar-refractivity contribution in [3.8, 4) is 17.0 Å². The van der Waals surface area contributed by atoms with E-state index in [-0.39, 0.29) is 23.5 Å². The number of nitrogens with zero attached hydrogens (tertiary/aromatic N) is 3. The quantitative estimate of drug-likeness (QED) is 0.562. The molecule has 1 N–H and O–H groups in total. The zero-order valence-electron chi connectivity index (χ0n) is 17.8. The molecule has 0 bridgehead atoms. The van der Waals surface area contributed by atoms with Crippen LogP contribution in [0.2, 0.25) is 5.02 Å². The van der Waals surface area contributed by atoms with Crippen molar-refractivity contribution in [2.24, 2.45) is 0 Å². The van der Waals surface area contributed by atoms with E-state index in [1.54, 1.807) is 13.1 Å². The molecule has 1 aromatic carbocycles. The summed E-state index contributed by atoms with van der Waals surface area (Å²) in [5.41, 5.74) is 1.76. The van der Waals surface area contributed by atoms with Crippen molar-refractivity contribution in [2.75, 3.05) is 13.2 Å². The van der Waals surface area contributed by atoms with Crippen LogP contribution in [0.5, 0.6) is 5.88 Å². The average Bonchev–Trinajstić information content (AvgIpc) is 3.32. The SMILES string of the molecule is BC(B)(B)NC(=O)c1cc(C)c(F)c(-c2cnn3cc(Cl)c(O[C@H]4CCOC4)nc23)c1. The first-order valence-electron chi connectivity index (χ1n) is 10.0. The summed E-state index contributed by atoms with van der Waals surface area (Å²) in [6.07, 6.45) is 3.68. The van der Waals surface area contributed by atoms with Gasteiger partial charge in [0.2, 0.25) is 11.8 Å². The van der Waals surface area contributed by atoms with Gasteiger partial charge in [-0.25, -0.2) is 8.91 Å². The zero-order chi connectivity index (χ0) is 22.3. The number of carbonyl (C=O) groups is 1. The maximum absolute atomic E-state index is 15.1. The number of aryl methyl sites for hydroxylation is 1. The second kappa shape index (κ2) is 8.20. The Balaban J connectivity index is 1.78. The molecule has 3 aromatic rings. The van der Waals surface area contributed by atoms with Gasteiger partial charge < -0.3 is 14.8 Å². The summed E-state index contributed by atoms with van der Waals surface area (Å²) in [7, 11) is 5.66. The summed E-state index contributed by atoms with van der Waals surface area (Å²) in [4.78, 5) is 17.2. The third-order valence-electron chi connectivity index (χ3n) is 4.88. The highest BCUT2D eigenvalue weighted by Crippen LogP contribution is 2.32. The molecule has 0 radical (unpaired) electrons. The number of amides is 1. The summed E-state index contributed by atoms with van der Waals surface area (Å²) < 4.78 is 27.8. The molecule has 0 unspecified atom stereocenters. The Hall–Kier alpha value is -2.52. The first kappa shape index (κ1) is 21.7. The molecular weight excluding hydrogens is 419 g/mol. The van der Waals surface area contributed by atoms with E-state index in [9.17, 15) is 4.79 Å². The maximum Gasteiger partial charge on any atom is 0.249 e. The van der Waals surface area contributed by atoms with Crippen molar-refractivity contribution in [3.05, 3.63) is 46.5 Å². The van der Waals surface area contributed by atoms with Crippen LogP contribution < -0.4 is 10.1 Å². The molecule has 0 saturated carbocycles. The van der Waals surface area contributed by atoms with Crippen LogP contribution in [0.25, 0.3) is 16.8 Å². The number of hydrogen-bond acceptors (Lipinski definition) is 5. The van der Waals surface area contributed by atoms with Gasteiger partial charge in [0.15, 0.2) is 5.65 Å². The number of benzene rings is 1. The minimum Gasteiger partial charge on any atom is -0.471 e. The number of hydrogen-bond donors (Lipinski definition) is 1. The molecule has 1 amide bonds. The van der Waals surface area contributed by atoms with Crippen LogP contribution in [-0.2, 0) is 4.74 Å². The van der Waals surface area contributed by atoms with E-state index in [0.29, 0.717) is 40.6 Å². The first-order valence-corrected chi connectivity index (χ1v) is 10.4. The second-order valence-corrected chi connectivity index (χ2v) is 9.09. The maximum atomic E-state index is 15.1. The molecule has 1 atom stereocenters. The highest BCUT2D eigenvalue weighted by Gasteiger charge is 2.23. The molecule has 1 saturated heterocycles. The van der Waals surface area contributed by atoms with Gasteiger partial charge >= 0.3 is 0 Å². The van der Waals surface area contributed by atoms with Gasteiger partial charge in [-0.3, -0.25) is 4.79 Å². The Morgan fingerprint density at radius 2 is 2.16 bits per heavy atom. The third-order valence-corrected chi connectivity index (χ3v) is 5.14. The minimum absolute atomic E-state index is 0.137. The Bertz CT molecular complexity index is 1160. The molecular formula is C19H21B3ClFN4O3. The number of carbonyl (C=O) groups excluding carboxylic acids is 1. The summed E-state index contributed by atoms with van der Waals surface area (Å²) in [5.74, 6) is -0.481. The fourth-order valence-corrected chi connectivity index (χ4v) is 3.60. The molecule has 0 aliphatic carbocycles.